The molecule has 1 atom stereocenters. The van der Waals surface area contributed by atoms with E-state index in [0.29, 0.717) is 13.2 Å². The summed E-state index contributed by atoms with van der Waals surface area (Å²) in [6.45, 7) is 3.10. The Kier molecular flexibility index (Phi) is 4.03. The Morgan fingerprint density at radius 3 is 3.00 bits per heavy atom. The van der Waals surface area contributed by atoms with Gasteiger partial charge in [0.1, 0.15) is 0 Å². The predicted molar refractivity (Wildman–Crippen MR) is 75.7 cm³/mol. The van der Waals surface area contributed by atoms with Crippen molar-refractivity contribution in [3.63, 3.8) is 0 Å². The van der Waals surface area contributed by atoms with Gasteiger partial charge >= 0.3 is 5.97 Å². The third kappa shape index (κ3) is 3.58. The first-order valence-corrected chi connectivity index (χ1v) is 7.35. The van der Waals surface area contributed by atoms with Crippen LogP contribution < -0.4 is 0 Å². The molecule has 0 spiro atoms. The van der Waals surface area contributed by atoms with E-state index in [4.69, 9.17) is 9.84 Å². The van der Waals surface area contributed by atoms with E-state index in [1.165, 1.54) is 24.0 Å². The number of rotatable bonds is 5. The second-order valence-electron chi connectivity index (χ2n) is 5.85. The Hall–Kier alpha value is -1.39. The summed E-state index contributed by atoms with van der Waals surface area (Å²) in [5, 5.41) is 8.85. The van der Waals surface area contributed by atoms with E-state index in [1.54, 1.807) is 0 Å². The standard InChI is InChI=1S/C16H21NO3/c18-16(19)9-15-11-17(6-7-20-15)10-12-2-1-3-14(8-12)13-4-5-13/h1-3,8,13,15H,4-7,9-11H2,(H,18,19). The van der Waals surface area contributed by atoms with Gasteiger partial charge in [-0.15, -0.1) is 0 Å². The fourth-order valence-corrected chi connectivity index (χ4v) is 2.86. The lowest BCUT2D eigenvalue weighted by molar-refractivity contribution is -0.142. The fraction of sp³-hybridized carbons (Fsp3) is 0.562. The quantitative estimate of drug-likeness (QED) is 0.895. The molecule has 1 aliphatic carbocycles. The number of hydrogen-bond donors (Lipinski definition) is 1. The molecule has 0 radical (unpaired) electrons. The molecule has 1 heterocycles. The van der Waals surface area contributed by atoms with Crippen molar-refractivity contribution in [1.29, 1.82) is 0 Å². The minimum atomic E-state index is -0.785. The van der Waals surface area contributed by atoms with Gasteiger partial charge in [0.2, 0.25) is 0 Å². The normalized spacial score (nSPS) is 23.7. The number of carboxylic acid groups (broad SMARTS) is 1. The summed E-state index contributed by atoms with van der Waals surface area (Å²) in [6, 6.07) is 8.82. The largest absolute Gasteiger partial charge is 0.481 e. The molecule has 3 rings (SSSR count). The van der Waals surface area contributed by atoms with Crippen LogP contribution in [-0.2, 0) is 16.1 Å². The van der Waals surface area contributed by atoms with Crippen molar-refractivity contribution in [2.24, 2.45) is 0 Å². The van der Waals surface area contributed by atoms with Crippen LogP contribution in [0, 0.1) is 0 Å². The minimum absolute atomic E-state index is 0.0958. The Morgan fingerprint density at radius 1 is 1.40 bits per heavy atom. The molecular formula is C16H21NO3. The van der Waals surface area contributed by atoms with Crippen molar-refractivity contribution in [2.75, 3.05) is 19.7 Å². The minimum Gasteiger partial charge on any atom is -0.481 e. The summed E-state index contributed by atoms with van der Waals surface area (Å²) in [6.07, 6.45) is 2.56. The first kappa shape index (κ1) is 13.6. The monoisotopic (exact) mass is 275 g/mol. The van der Waals surface area contributed by atoms with E-state index in [2.05, 4.69) is 29.2 Å². The lowest BCUT2D eigenvalue weighted by Gasteiger charge is -2.32. The zero-order chi connectivity index (χ0) is 13.9. The van der Waals surface area contributed by atoms with Crippen molar-refractivity contribution in [3.8, 4) is 0 Å². The molecule has 20 heavy (non-hydrogen) atoms. The van der Waals surface area contributed by atoms with Gasteiger partial charge < -0.3 is 9.84 Å². The maximum Gasteiger partial charge on any atom is 0.306 e. The average Bonchev–Trinajstić information content (AvgIpc) is 3.23. The maximum absolute atomic E-state index is 10.8. The lowest BCUT2D eigenvalue weighted by Crippen LogP contribution is -2.42. The number of hydrogen-bond acceptors (Lipinski definition) is 3. The molecule has 108 valence electrons. The number of aliphatic carboxylic acids is 1. The van der Waals surface area contributed by atoms with Gasteiger partial charge in [0.25, 0.3) is 0 Å². The van der Waals surface area contributed by atoms with Crippen molar-refractivity contribution in [1.82, 2.24) is 4.90 Å². The van der Waals surface area contributed by atoms with E-state index in [-0.39, 0.29) is 12.5 Å². The SMILES string of the molecule is O=C(O)CC1CN(Cc2cccc(C3CC3)c2)CCO1. The van der Waals surface area contributed by atoms with E-state index in [0.717, 1.165) is 19.0 Å². The number of morpholine rings is 1. The molecular weight excluding hydrogens is 254 g/mol. The number of carbonyl (C=O) groups is 1. The molecule has 1 unspecified atom stereocenters. The van der Waals surface area contributed by atoms with Crippen LogP contribution in [0.25, 0.3) is 0 Å². The highest BCUT2D eigenvalue weighted by atomic mass is 16.5. The first-order valence-electron chi connectivity index (χ1n) is 7.35. The zero-order valence-corrected chi connectivity index (χ0v) is 11.6. The molecule has 2 fully saturated rings. The third-order valence-electron chi connectivity index (χ3n) is 4.03. The third-order valence-corrected chi connectivity index (χ3v) is 4.03. The Morgan fingerprint density at radius 2 is 2.25 bits per heavy atom. The second kappa shape index (κ2) is 5.94. The van der Waals surface area contributed by atoms with Crippen LogP contribution in [0.1, 0.15) is 36.3 Å². The summed E-state index contributed by atoms with van der Waals surface area (Å²) in [4.78, 5) is 13.1. The van der Waals surface area contributed by atoms with Crippen LogP contribution in [0.3, 0.4) is 0 Å². The average molecular weight is 275 g/mol. The van der Waals surface area contributed by atoms with Gasteiger partial charge in [0.05, 0.1) is 19.1 Å². The highest BCUT2D eigenvalue weighted by Crippen LogP contribution is 2.40. The van der Waals surface area contributed by atoms with Gasteiger partial charge in [0.15, 0.2) is 0 Å². The molecule has 1 saturated carbocycles. The van der Waals surface area contributed by atoms with Crippen LogP contribution >= 0.6 is 0 Å². The molecule has 1 saturated heterocycles. The van der Waals surface area contributed by atoms with E-state index in [9.17, 15) is 4.79 Å². The maximum atomic E-state index is 10.8. The van der Waals surface area contributed by atoms with Crippen molar-refractivity contribution in [2.45, 2.75) is 37.8 Å². The number of benzene rings is 1. The van der Waals surface area contributed by atoms with Crippen LogP contribution in [0.15, 0.2) is 24.3 Å². The highest BCUT2D eigenvalue weighted by Gasteiger charge is 2.25. The summed E-state index contributed by atoms with van der Waals surface area (Å²) in [7, 11) is 0. The van der Waals surface area contributed by atoms with Crippen LogP contribution in [0.2, 0.25) is 0 Å². The van der Waals surface area contributed by atoms with Gasteiger partial charge in [-0.25, -0.2) is 0 Å². The molecule has 1 aliphatic heterocycles. The summed E-state index contributed by atoms with van der Waals surface area (Å²) in [5.41, 5.74) is 2.78. The molecule has 0 aromatic heterocycles. The van der Waals surface area contributed by atoms with Crippen LogP contribution in [0.5, 0.6) is 0 Å². The van der Waals surface area contributed by atoms with E-state index in [1.807, 2.05) is 0 Å². The molecule has 4 heteroatoms. The van der Waals surface area contributed by atoms with E-state index < -0.39 is 5.97 Å². The molecule has 1 N–H and O–H groups in total. The Labute approximate surface area is 119 Å². The lowest BCUT2D eigenvalue weighted by atomic mass is 10.1. The molecule has 1 aromatic carbocycles. The Balaban J connectivity index is 1.59. The van der Waals surface area contributed by atoms with Crippen LogP contribution in [-0.4, -0.2) is 41.8 Å². The zero-order valence-electron chi connectivity index (χ0n) is 11.6. The van der Waals surface area contributed by atoms with Gasteiger partial charge in [-0.05, 0) is 29.9 Å². The summed E-state index contributed by atoms with van der Waals surface area (Å²) < 4.78 is 5.51. The van der Waals surface area contributed by atoms with Gasteiger partial charge in [0, 0.05) is 19.6 Å². The summed E-state index contributed by atoms with van der Waals surface area (Å²) in [5.74, 6) is -0.00743. The molecule has 2 aliphatic rings. The molecule has 0 bridgehead atoms. The number of carboxylic acids is 1. The van der Waals surface area contributed by atoms with E-state index >= 15 is 0 Å². The smallest absolute Gasteiger partial charge is 0.306 e. The van der Waals surface area contributed by atoms with Gasteiger partial charge in [-0.3, -0.25) is 9.69 Å². The molecule has 0 amide bonds. The van der Waals surface area contributed by atoms with Crippen molar-refractivity contribution in [3.05, 3.63) is 35.4 Å². The summed E-state index contributed by atoms with van der Waals surface area (Å²) >= 11 is 0. The highest BCUT2D eigenvalue weighted by molar-refractivity contribution is 5.67. The number of nitrogens with zero attached hydrogens (tertiary/aromatic N) is 1. The molecule has 1 aromatic rings. The number of ether oxygens (including phenoxy) is 1. The molecule has 4 nitrogen and oxygen atoms in total. The van der Waals surface area contributed by atoms with Crippen molar-refractivity contribution < 1.29 is 14.6 Å². The second-order valence-corrected chi connectivity index (χ2v) is 5.85. The topological polar surface area (TPSA) is 49.8 Å². The van der Waals surface area contributed by atoms with Gasteiger partial charge in [-0.2, -0.15) is 0 Å². The van der Waals surface area contributed by atoms with Gasteiger partial charge in [-0.1, -0.05) is 24.3 Å². The Bertz CT molecular complexity index is 484. The van der Waals surface area contributed by atoms with Crippen LogP contribution in [0.4, 0.5) is 0 Å². The predicted octanol–water partition coefficient (Wildman–Crippen LogP) is 2.24. The first-order chi connectivity index (χ1) is 9.70. The van der Waals surface area contributed by atoms with Crippen molar-refractivity contribution >= 4 is 5.97 Å². The fourth-order valence-electron chi connectivity index (χ4n) is 2.86.